The molecule has 1 saturated heterocycles. The lowest BCUT2D eigenvalue weighted by Gasteiger charge is -2.30. The molecule has 106 valence electrons. The summed E-state index contributed by atoms with van der Waals surface area (Å²) in [5, 5.41) is 2.34. The van der Waals surface area contributed by atoms with Gasteiger partial charge < -0.3 is 0 Å². The van der Waals surface area contributed by atoms with Crippen molar-refractivity contribution in [2.75, 3.05) is 5.75 Å². The van der Waals surface area contributed by atoms with E-state index >= 15 is 0 Å². The Bertz CT molecular complexity index is 459. The first-order chi connectivity index (χ1) is 9.02. The number of hydrogen-bond donors (Lipinski definition) is 0. The highest BCUT2D eigenvalue weighted by Gasteiger charge is 2.29. The van der Waals surface area contributed by atoms with Gasteiger partial charge in [-0.15, -0.1) is 11.8 Å². The zero-order valence-electron chi connectivity index (χ0n) is 11.3. The smallest absolute Gasteiger partial charge is 0.146 e. The average Bonchev–Trinajstić information content (AvgIpc) is 2.38. The predicted octanol–water partition coefficient (Wildman–Crippen LogP) is 4.99. The summed E-state index contributed by atoms with van der Waals surface area (Å²) in [5.74, 6) is 2.00. The largest absolute Gasteiger partial charge is 0.235 e. The minimum Gasteiger partial charge on any atom is -0.235 e. The molecule has 6 heteroatoms. The van der Waals surface area contributed by atoms with Crippen LogP contribution in [0.25, 0.3) is 0 Å². The van der Waals surface area contributed by atoms with E-state index in [0.717, 1.165) is 33.7 Å². The Balaban J connectivity index is 2.25. The maximum Gasteiger partial charge on any atom is 0.146 e. The van der Waals surface area contributed by atoms with E-state index in [4.69, 9.17) is 16.6 Å². The van der Waals surface area contributed by atoms with Gasteiger partial charge in [-0.3, -0.25) is 0 Å². The van der Waals surface area contributed by atoms with Crippen LogP contribution in [-0.4, -0.2) is 26.2 Å². The fourth-order valence-electron chi connectivity index (χ4n) is 1.95. The SMILES string of the molecule is CCCc1nc(C2CSC(C)C(C)S2)nc(Cl)c1I. The predicted molar refractivity (Wildman–Crippen MR) is 95.5 cm³/mol. The molecule has 19 heavy (non-hydrogen) atoms. The second-order valence-electron chi connectivity index (χ2n) is 4.75. The van der Waals surface area contributed by atoms with Gasteiger partial charge in [-0.2, -0.15) is 11.8 Å². The van der Waals surface area contributed by atoms with Gasteiger partial charge in [0.05, 0.1) is 14.5 Å². The minimum atomic E-state index is 0.376. The van der Waals surface area contributed by atoms with Gasteiger partial charge in [0.1, 0.15) is 11.0 Å². The highest BCUT2D eigenvalue weighted by atomic mass is 127. The van der Waals surface area contributed by atoms with Crippen LogP contribution in [0.2, 0.25) is 5.15 Å². The Labute approximate surface area is 142 Å². The van der Waals surface area contributed by atoms with Crippen LogP contribution in [0.4, 0.5) is 0 Å². The second-order valence-corrected chi connectivity index (χ2v) is 9.18. The zero-order chi connectivity index (χ0) is 14.0. The molecule has 0 aliphatic carbocycles. The molecule has 2 heterocycles. The summed E-state index contributed by atoms with van der Waals surface area (Å²) in [6.07, 6.45) is 2.06. The van der Waals surface area contributed by atoms with Crippen molar-refractivity contribution in [1.29, 1.82) is 0 Å². The van der Waals surface area contributed by atoms with Crippen molar-refractivity contribution in [3.63, 3.8) is 0 Å². The summed E-state index contributed by atoms with van der Waals surface area (Å²) in [6, 6.07) is 0. The normalized spacial score (nSPS) is 27.5. The molecule has 0 saturated carbocycles. The van der Waals surface area contributed by atoms with Crippen LogP contribution in [0.1, 0.15) is 44.0 Å². The van der Waals surface area contributed by atoms with Crippen molar-refractivity contribution >= 4 is 57.7 Å². The average molecular weight is 429 g/mol. The van der Waals surface area contributed by atoms with Gasteiger partial charge in [-0.05, 0) is 29.0 Å². The molecule has 1 aliphatic rings. The van der Waals surface area contributed by atoms with Crippen LogP contribution in [0.5, 0.6) is 0 Å². The van der Waals surface area contributed by atoms with Crippen molar-refractivity contribution in [1.82, 2.24) is 9.97 Å². The lowest BCUT2D eigenvalue weighted by atomic mass is 10.2. The van der Waals surface area contributed by atoms with Crippen LogP contribution < -0.4 is 0 Å². The highest BCUT2D eigenvalue weighted by Crippen LogP contribution is 2.43. The van der Waals surface area contributed by atoms with E-state index in [1.807, 2.05) is 23.5 Å². The van der Waals surface area contributed by atoms with E-state index < -0.39 is 0 Å². The van der Waals surface area contributed by atoms with Crippen molar-refractivity contribution in [2.24, 2.45) is 0 Å². The first-order valence-electron chi connectivity index (χ1n) is 6.51. The molecule has 3 unspecified atom stereocenters. The van der Waals surface area contributed by atoms with E-state index in [-0.39, 0.29) is 0 Å². The van der Waals surface area contributed by atoms with Gasteiger partial charge in [0.15, 0.2) is 0 Å². The Morgan fingerprint density at radius 1 is 1.32 bits per heavy atom. The minimum absolute atomic E-state index is 0.376. The number of hydrogen-bond acceptors (Lipinski definition) is 4. The van der Waals surface area contributed by atoms with Crippen molar-refractivity contribution in [3.8, 4) is 0 Å². The zero-order valence-corrected chi connectivity index (χ0v) is 15.9. The molecule has 1 aliphatic heterocycles. The van der Waals surface area contributed by atoms with Crippen LogP contribution in [0, 0.1) is 3.57 Å². The van der Waals surface area contributed by atoms with Gasteiger partial charge >= 0.3 is 0 Å². The van der Waals surface area contributed by atoms with Gasteiger partial charge in [0.25, 0.3) is 0 Å². The van der Waals surface area contributed by atoms with E-state index in [1.54, 1.807) is 0 Å². The Morgan fingerprint density at radius 3 is 2.68 bits per heavy atom. The van der Waals surface area contributed by atoms with Crippen LogP contribution >= 0.6 is 57.7 Å². The molecule has 0 amide bonds. The van der Waals surface area contributed by atoms with E-state index in [1.165, 1.54) is 0 Å². The summed E-state index contributed by atoms with van der Waals surface area (Å²) in [5.41, 5.74) is 1.11. The quantitative estimate of drug-likeness (QED) is 0.500. The maximum atomic E-state index is 6.26. The summed E-state index contributed by atoms with van der Waals surface area (Å²) < 4.78 is 1.01. The van der Waals surface area contributed by atoms with Crippen molar-refractivity contribution in [2.45, 2.75) is 49.4 Å². The van der Waals surface area contributed by atoms with E-state index in [0.29, 0.717) is 20.9 Å². The van der Waals surface area contributed by atoms with Gasteiger partial charge in [0, 0.05) is 16.3 Å². The van der Waals surface area contributed by atoms with Crippen LogP contribution in [0.15, 0.2) is 0 Å². The van der Waals surface area contributed by atoms with Crippen LogP contribution in [0.3, 0.4) is 0 Å². The van der Waals surface area contributed by atoms with Gasteiger partial charge in [-0.1, -0.05) is 38.8 Å². The van der Waals surface area contributed by atoms with E-state index in [9.17, 15) is 0 Å². The molecule has 0 bridgehead atoms. The molecule has 1 aromatic rings. The number of rotatable bonds is 3. The fourth-order valence-corrected chi connectivity index (χ4v) is 5.50. The third-order valence-corrected chi connectivity index (χ3v) is 8.33. The maximum absolute atomic E-state index is 6.26. The standard InChI is InChI=1S/C13H18ClIN2S2/c1-4-5-9-11(15)12(14)17-13(16-9)10-6-18-7(2)8(3)19-10/h7-8,10H,4-6H2,1-3H3. The lowest BCUT2D eigenvalue weighted by Crippen LogP contribution is -2.23. The fraction of sp³-hybridized carbons (Fsp3) is 0.692. The van der Waals surface area contributed by atoms with Crippen LogP contribution in [-0.2, 0) is 6.42 Å². The Kier molecular flexibility index (Phi) is 6.11. The second kappa shape index (κ2) is 7.18. The molecule has 1 aromatic heterocycles. The van der Waals surface area contributed by atoms with Gasteiger partial charge in [-0.25, -0.2) is 9.97 Å². The topological polar surface area (TPSA) is 25.8 Å². The first-order valence-corrected chi connectivity index (χ1v) is 9.96. The third-order valence-electron chi connectivity index (χ3n) is 3.22. The molecule has 0 spiro atoms. The number of halogens is 2. The van der Waals surface area contributed by atoms with E-state index in [2.05, 4.69) is 48.3 Å². The Morgan fingerprint density at radius 2 is 2.05 bits per heavy atom. The third kappa shape index (κ3) is 3.92. The molecule has 3 atom stereocenters. The molecular formula is C13H18ClIN2S2. The molecule has 2 nitrogen and oxygen atoms in total. The number of nitrogens with zero attached hydrogens (tertiary/aromatic N) is 2. The summed E-state index contributed by atoms with van der Waals surface area (Å²) >= 11 is 12.5. The molecular weight excluding hydrogens is 411 g/mol. The molecule has 1 fully saturated rings. The number of aryl methyl sites for hydroxylation is 1. The first kappa shape index (κ1) is 16.2. The summed E-state index contributed by atoms with van der Waals surface area (Å²) in [7, 11) is 0. The molecule has 0 N–H and O–H groups in total. The number of thioether (sulfide) groups is 2. The Hall–Kier alpha value is 0.800. The van der Waals surface area contributed by atoms with Gasteiger partial charge in [0.2, 0.25) is 0 Å². The molecule has 0 aromatic carbocycles. The summed E-state index contributed by atoms with van der Waals surface area (Å²) in [6.45, 7) is 6.75. The summed E-state index contributed by atoms with van der Waals surface area (Å²) in [4.78, 5) is 9.28. The van der Waals surface area contributed by atoms with Crippen molar-refractivity contribution in [3.05, 3.63) is 20.2 Å². The number of aromatic nitrogens is 2. The lowest BCUT2D eigenvalue weighted by molar-refractivity contribution is 0.809. The van der Waals surface area contributed by atoms with Crippen molar-refractivity contribution < 1.29 is 0 Å². The highest BCUT2D eigenvalue weighted by molar-refractivity contribution is 14.1. The monoisotopic (exact) mass is 428 g/mol. The molecule has 0 radical (unpaired) electrons. The molecule has 2 rings (SSSR count).